The molecule has 1 N–H and O–H groups in total. The van der Waals surface area contributed by atoms with E-state index in [4.69, 9.17) is 4.74 Å². The van der Waals surface area contributed by atoms with Gasteiger partial charge in [-0.05, 0) is 24.1 Å². The number of ether oxygens (including phenoxy) is 1. The normalized spacial score (nSPS) is 15.9. The third kappa shape index (κ3) is 3.51. The van der Waals surface area contributed by atoms with Crippen LogP contribution in [0, 0.1) is 5.92 Å². The van der Waals surface area contributed by atoms with Crippen molar-refractivity contribution in [2.45, 2.75) is 13.0 Å². The van der Waals surface area contributed by atoms with Crippen LogP contribution < -0.4 is 10.1 Å². The van der Waals surface area contributed by atoms with E-state index in [0.29, 0.717) is 25.4 Å². The van der Waals surface area contributed by atoms with Crippen LogP contribution in [-0.2, 0) is 17.8 Å². The quantitative estimate of drug-likeness (QED) is 0.780. The number of aromatic nitrogens is 3. The van der Waals surface area contributed by atoms with Crippen molar-refractivity contribution in [1.29, 1.82) is 0 Å². The molecule has 1 aliphatic heterocycles. The maximum atomic E-state index is 12.4. The number of rotatable bonds is 4. The summed E-state index contributed by atoms with van der Waals surface area (Å²) >= 11 is 1.47. The van der Waals surface area contributed by atoms with Gasteiger partial charge in [0.25, 0.3) is 0 Å². The lowest BCUT2D eigenvalue weighted by molar-refractivity contribution is -0.126. The molecule has 0 fully saturated rings. The van der Waals surface area contributed by atoms with Gasteiger partial charge in [-0.3, -0.25) is 4.79 Å². The molecule has 2 aromatic heterocycles. The number of hydrogen-bond donors (Lipinski definition) is 1. The molecular formula is C18H16N4O2S. The average Bonchev–Trinajstić information content (AvgIpc) is 3.15. The van der Waals surface area contributed by atoms with Crippen LogP contribution in [0.2, 0.25) is 0 Å². The molecule has 0 unspecified atom stereocenters. The summed E-state index contributed by atoms with van der Waals surface area (Å²) in [6.07, 6.45) is 4.07. The lowest BCUT2D eigenvalue weighted by Gasteiger charge is -2.24. The molecule has 3 aromatic rings. The molecule has 1 aliphatic rings. The van der Waals surface area contributed by atoms with Gasteiger partial charge in [0.15, 0.2) is 10.8 Å². The van der Waals surface area contributed by atoms with Gasteiger partial charge in [0.05, 0.1) is 18.2 Å². The van der Waals surface area contributed by atoms with E-state index < -0.39 is 0 Å². The molecule has 25 heavy (non-hydrogen) atoms. The highest BCUT2D eigenvalue weighted by atomic mass is 32.1. The molecule has 126 valence electrons. The van der Waals surface area contributed by atoms with Crippen LogP contribution in [0.4, 0.5) is 0 Å². The Morgan fingerprint density at radius 1 is 1.24 bits per heavy atom. The van der Waals surface area contributed by atoms with Gasteiger partial charge in [0.2, 0.25) is 5.91 Å². The summed E-state index contributed by atoms with van der Waals surface area (Å²) < 4.78 is 5.68. The van der Waals surface area contributed by atoms with Crippen LogP contribution in [0.3, 0.4) is 0 Å². The summed E-state index contributed by atoms with van der Waals surface area (Å²) in [6.45, 7) is 0.795. The van der Waals surface area contributed by atoms with Gasteiger partial charge in [-0.2, -0.15) is 0 Å². The van der Waals surface area contributed by atoms with Crippen LogP contribution in [0.25, 0.3) is 10.8 Å². The Bertz CT molecular complexity index is 882. The summed E-state index contributed by atoms with van der Waals surface area (Å²) in [5.41, 5.74) is 1.88. The first-order valence-corrected chi connectivity index (χ1v) is 8.88. The van der Waals surface area contributed by atoms with Crippen LogP contribution in [0.1, 0.15) is 11.3 Å². The number of thiazole rings is 1. The van der Waals surface area contributed by atoms with Gasteiger partial charge in [-0.15, -0.1) is 11.3 Å². The second-order valence-corrected chi connectivity index (χ2v) is 6.61. The summed E-state index contributed by atoms with van der Waals surface area (Å²) in [5.74, 6) is 1.28. The third-order valence-electron chi connectivity index (χ3n) is 4.00. The SMILES string of the molecule is O=C(NCc1csc(-c2ncccn2)n1)[C@H]1COc2ccccc2C1. The van der Waals surface area contributed by atoms with E-state index in [1.807, 2.05) is 29.6 Å². The molecule has 0 saturated heterocycles. The molecule has 1 aromatic carbocycles. The maximum absolute atomic E-state index is 12.4. The van der Waals surface area contributed by atoms with Crippen molar-refractivity contribution >= 4 is 17.2 Å². The Hall–Kier alpha value is -2.80. The smallest absolute Gasteiger partial charge is 0.227 e. The molecule has 0 spiro atoms. The number of nitrogens with zero attached hydrogens (tertiary/aromatic N) is 3. The number of benzene rings is 1. The van der Waals surface area contributed by atoms with Crippen LogP contribution in [-0.4, -0.2) is 27.5 Å². The zero-order valence-corrected chi connectivity index (χ0v) is 14.2. The lowest BCUT2D eigenvalue weighted by Crippen LogP contribution is -2.37. The number of nitrogens with one attached hydrogen (secondary N) is 1. The largest absolute Gasteiger partial charge is 0.492 e. The van der Waals surface area contributed by atoms with Gasteiger partial charge in [-0.1, -0.05) is 18.2 Å². The first kappa shape index (κ1) is 15.7. The van der Waals surface area contributed by atoms with E-state index in [-0.39, 0.29) is 11.8 Å². The van der Waals surface area contributed by atoms with Crippen molar-refractivity contribution in [3.63, 3.8) is 0 Å². The fraction of sp³-hybridized carbons (Fsp3) is 0.222. The highest BCUT2D eigenvalue weighted by molar-refractivity contribution is 7.13. The molecular weight excluding hydrogens is 336 g/mol. The zero-order valence-electron chi connectivity index (χ0n) is 13.4. The van der Waals surface area contributed by atoms with Crippen LogP contribution >= 0.6 is 11.3 Å². The van der Waals surface area contributed by atoms with Gasteiger partial charge in [0.1, 0.15) is 12.4 Å². The summed E-state index contributed by atoms with van der Waals surface area (Å²) in [5, 5.41) is 5.61. The highest BCUT2D eigenvalue weighted by Gasteiger charge is 2.25. The Kier molecular flexibility index (Phi) is 4.39. The van der Waals surface area contributed by atoms with Gasteiger partial charge in [-0.25, -0.2) is 15.0 Å². The highest BCUT2D eigenvalue weighted by Crippen LogP contribution is 2.27. The number of carbonyl (C=O) groups excluding carboxylic acids is 1. The second-order valence-electron chi connectivity index (χ2n) is 5.75. The van der Waals surface area contributed by atoms with Crippen LogP contribution in [0.15, 0.2) is 48.1 Å². The van der Waals surface area contributed by atoms with E-state index in [2.05, 4.69) is 20.3 Å². The molecule has 1 amide bonds. The zero-order chi connectivity index (χ0) is 17.1. The van der Waals surface area contributed by atoms with E-state index in [0.717, 1.165) is 22.0 Å². The monoisotopic (exact) mass is 352 g/mol. The summed E-state index contributed by atoms with van der Waals surface area (Å²) in [6, 6.07) is 9.61. The van der Waals surface area contributed by atoms with E-state index in [9.17, 15) is 4.79 Å². The predicted molar refractivity (Wildman–Crippen MR) is 94.1 cm³/mol. The van der Waals surface area contributed by atoms with Gasteiger partial charge in [0, 0.05) is 17.8 Å². The first-order chi connectivity index (χ1) is 12.3. The number of amides is 1. The van der Waals surface area contributed by atoms with Crippen molar-refractivity contribution in [1.82, 2.24) is 20.3 Å². The molecule has 0 aliphatic carbocycles. The third-order valence-corrected chi connectivity index (χ3v) is 4.89. The second kappa shape index (κ2) is 6.98. The van der Waals surface area contributed by atoms with Crippen molar-refractivity contribution in [2.75, 3.05) is 6.61 Å². The number of hydrogen-bond acceptors (Lipinski definition) is 6. The van der Waals surface area contributed by atoms with E-state index >= 15 is 0 Å². The predicted octanol–water partition coefficient (Wildman–Crippen LogP) is 2.47. The number of para-hydroxylation sites is 1. The molecule has 0 bridgehead atoms. The minimum absolute atomic E-state index is 0.0139. The lowest BCUT2D eigenvalue weighted by atomic mass is 9.96. The average molecular weight is 352 g/mol. The van der Waals surface area contributed by atoms with Crippen molar-refractivity contribution in [3.8, 4) is 16.6 Å². The van der Waals surface area contributed by atoms with Crippen molar-refractivity contribution < 1.29 is 9.53 Å². The van der Waals surface area contributed by atoms with E-state index in [1.165, 1.54) is 11.3 Å². The molecule has 0 radical (unpaired) electrons. The Morgan fingerprint density at radius 2 is 2.08 bits per heavy atom. The minimum atomic E-state index is -0.175. The number of carbonyl (C=O) groups is 1. The summed E-state index contributed by atoms with van der Waals surface area (Å²) in [7, 11) is 0. The van der Waals surface area contributed by atoms with Crippen molar-refractivity contribution in [2.24, 2.45) is 5.92 Å². The maximum Gasteiger partial charge on any atom is 0.227 e. The minimum Gasteiger partial charge on any atom is -0.492 e. The first-order valence-electron chi connectivity index (χ1n) is 8.00. The topological polar surface area (TPSA) is 77.0 Å². The standard InChI is InChI=1S/C18H16N4O2S/c23-17(13-8-12-4-1-2-5-15(12)24-10-13)21-9-14-11-25-18(22-14)16-19-6-3-7-20-16/h1-7,11,13H,8-10H2,(H,21,23)/t13-/m1/s1. The number of fused-ring (bicyclic) bond motifs is 1. The molecule has 1 atom stereocenters. The van der Waals surface area contributed by atoms with Gasteiger partial charge >= 0.3 is 0 Å². The van der Waals surface area contributed by atoms with Crippen LogP contribution in [0.5, 0.6) is 5.75 Å². The molecule has 7 heteroatoms. The molecule has 3 heterocycles. The Morgan fingerprint density at radius 3 is 2.96 bits per heavy atom. The van der Waals surface area contributed by atoms with Crippen molar-refractivity contribution in [3.05, 3.63) is 59.4 Å². The Labute approximate surface area is 148 Å². The Balaban J connectivity index is 1.36. The summed E-state index contributed by atoms with van der Waals surface area (Å²) in [4.78, 5) is 25.3. The molecule has 6 nitrogen and oxygen atoms in total. The molecule has 4 rings (SSSR count). The van der Waals surface area contributed by atoms with Gasteiger partial charge < -0.3 is 10.1 Å². The molecule has 0 saturated carbocycles. The fourth-order valence-corrected chi connectivity index (χ4v) is 3.48. The fourth-order valence-electron chi connectivity index (χ4n) is 2.72. The van der Waals surface area contributed by atoms with E-state index in [1.54, 1.807) is 18.5 Å².